The lowest BCUT2D eigenvalue weighted by Crippen LogP contribution is -2.35. The summed E-state index contributed by atoms with van der Waals surface area (Å²) >= 11 is 0. The second-order valence-corrected chi connectivity index (χ2v) is 5.12. The molecule has 2 rings (SSSR count). The van der Waals surface area contributed by atoms with Crippen molar-refractivity contribution < 1.29 is 4.74 Å². The zero-order valence-corrected chi connectivity index (χ0v) is 8.86. The Kier molecular flexibility index (Phi) is 2.37. The van der Waals surface area contributed by atoms with Crippen molar-refractivity contribution in [3.05, 3.63) is 0 Å². The Morgan fingerprint density at radius 2 is 1.69 bits per heavy atom. The molecule has 1 heterocycles. The maximum atomic E-state index is 6.26. The van der Waals surface area contributed by atoms with E-state index in [2.05, 4.69) is 20.8 Å². The first-order chi connectivity index (χ1) is 6.13. The fourth-order valence-corrected chi connectivity index (χ4v) is 2.65. The topological polar surface area (TPSA) is 35.2 Å². The molecule has 0 aromatic carbocycles. The van der Waals surface area contributed by atoms with E-state index >= 15 is 0 Å². The number of nitrogens with two attached hydrogens (primary N) is 1. The normalized spacial score (nSPS) is 41.8. The van der Waals surface area contributed by atoms with Gasteiger partial charge in [0.2, 0.25) is 0 Å². The van der Waals surface area contributed by atoms with Crippen LogP contribution in [0.15, 0.2) is 0 Å². The van der Waals surface area contributed by atoms with Gasteiger partial charge >= 0.3 is 0 Å². The number of rotatable bonds is 3. The van der Waals surface area contributed by atoms with Gasteiger partial charge in [0.25, 0.3) is 0 Å². The van der Waals surface area contributed by atoms with Crippen molar-refractivity contribution in [2.75, 3.05) is 13.2 Å². The van der Waals surface area contributed by atoms with Gasteiger partial charge in [0.15, 0.2) is 0 Å². The van der Waals surface area contributed by atoms with Gasteiger partial charge in [0.1, 0.15) is 0 Å². The van der Waals surface area contributed by atoms with Gasteiger partial charge in [-0.25, -0.2) is 0 Å². The van der Waals surface area contributed by atoms with Crippen molar-refractivity contribution in [1.82, 2.24) is 0 Å². The lowest BCUT2D eigenvalue weighted by atomic mass is 9.87. The van der Waals surface area contributed by atoms with Crippen molar-refractivity contribution in [2.24, 2.45) is 35.3 Å². The van der Waals surface area contributed by atoms with Gasteiger partial charge in [-0.3, -0.25) is 0 Å². The molecule has 2 aliphatic rings. The predicted octanol–water partition coefficient (Wildman–Crippen LogP) is 1.50. The van der Waals surface area contributed by atoms with Crippen LogP contribution in [-0.4, -0.2) is 19.3 Å². The Labute approximate surface area is 80.8 Å². The van der Waals surface area contributed by atoms with Crippen LogP contribution in [0.2, 0.25) is 0 Å². The summed E-state index contributed by atoms with van der Waals surface area (Å²) in [7, 11) is 0. The summed E-state index contributed by atoms with van der Waals surface area (Å²) in [6.07, 6.45) is 0. The molecule has 0 spiro atoms. The van der Waals surface area contributed by atoms with Crippen LogP contribution in [0.25, 0.3) is 0 Å². The molecule has 2 heteroatoms. The third-order valence-electron chi connectivity index (χ3n) is 4.12. The summed E-state index contributed by atoms with van der Waals surface area (Å²) in [6.45, 7) is 8.74. The van der Waals surface area contributed by atoms with Crippen LogP contribution in [0.5, 0.6) is 0 Å². The minimum atomic E-state index is 0.402. The fourth-order valence-electron chi connectivity index (χ4n) is 2.65. The highest BCUT2D eigenvalue weighted by Crippen LogP contribution is 2.53. The minimum absolute atomic E-state index is 0.402. The Morgan fingerprint density at radius 1 is 1.15 bits per heavy atom. The average Bonchev–Trinajstić information content (AvgIpc) is 2.56. The van der Waals surface area contributed by atoms with Crippen LogP contribution in [0.3, 0.4) is 0 Å². The monoisotopic (exact) mass is 183 g/mol. The Hall–Kier alpha value is -0.0800. The Bertz CT molecular complexity index is 183. The Balaban J connectivity index is 1.88. The predicted molar refractivity (Wildman–Crippen MR) is 53.3 cm³/mol. The first kappa shape index (κ1) is 9.47. The van der Waals surface area contributed by atoms with Crippen molar-refractivity contribution >= 4 is 0 Å². The first-order valence-corrected chi connectivity index (χ1v) is 5.46. The largest absolute Gasteiger partial charge is 0.381 e. The molecule has 13 heavy (non-hydrogen) atoms. The zero-order valence-electron chi connectivity index (χ0n) is 8.86. The maximum Gasteiger partial charge on any atom is 0.0501 e. The van der Waals surface area contributed by atoms with Gasteiger partial charge in [-0.05, 0) is 29.6 Å². The zero-order chi connectivity index (χ0) is 9.59. The molecule has 4 atom stereocenters. The van der Waals surface area contributed by atoms with Gasteiger partial charge in [-0.1, -0.05) is 20.8 Å². The fraction of sp³-hybridized carbons (Fsp3) is 1.00. The Morgan fingerprint density at radius 3 is 2.15 bits per heavy atom. The summed E-state index contributed by atoms with van der Waals surface area (Å²) in [6, 6.07) is 0.402. The molecule has 1 aliphatic carbocycles. The quantitative estimate of drug-likeness (QED) is 0.719. The highest BCUT2D eigenvalue weighted by atomic mass is 16.5. The smallest absolute Gasteiger partial charge is 0.0501 e. The van der Waals surface area contributed by atoms with E-state index in [-0.39, 0.29) is 0 Å². The van der Waals surface area contributed by atoms with Gasteiger partial charge in [0, 0.05) is 6.04 Å². The number of ether oxygens (including phenoxy) is 1. The lowest BCUT2D eigenvalue weighted by Gasteiger charge is -2.24. The summed E-state index contributed by atoms with van der Waals surface area (Å²) < 4.78 is 5.37. The summed E-state index contributed by atoms with van der Waals surface area (Å²) in [5.41, 5.74) is 6.26. The van der Waals surface area contributed by atoms with Crippen molar-refractivity contribution in [1.29, 1.82) is 0 Å². The molecule has 4 unspecified atom stereocenters. The van der Waals surface area contributed by atoms with Crippen molar-refractivity contribution in [2.45, 2.75) is 26.8 Å². The van der Waals surface area contributed by atoms with Crippen LogP contribution < -0.4 is 5.73 Å². The standard InChI is InChI=1S/C11H21NO/c1-6(2)7(3)11(12)10-8-4-13-5-9(8)10/h6-11H,4-5,12H2,1-3H3. The SMILES string of the molecule is CC(C)C(C)C(N)C1C2COCC21. The highest BCUT2D eigenvalue weighted by molar-refractivity contribution is 5.06. The number of hydrogen-bond donors (Lipinski definition) is 1. The second kappa shape index (κ2) is 3.25. The third-order valence-corrected chi connectivity index (χ3v) is 4.12. The molecule has 0 amide bonds. The highest BCUT2D eigenvalue weighted by Gasteiger charge is 2.57. The van der Waals surface area contributed by atoms with E-state index < -0.39 is 0 Å². The molecular formula is C11H21NO. The van der Waals surface area contributed by atoms with E-state index in [4.69, 9.17) is 10.5 Å². The van der Waals surface area contributed by atoms with Gasteiger partial charge < -0.3 is 10.5 Å². The summed E-state index contributed by atoms with van der Waals surface area (Å²) in [5, 5.41) is 0. The number of hydrogen-bond acceptors (Lipinski definition) is 2. The van der Waals surface area contributed by atoms with Crippen LogP contribution in [0.4, 0.5) is 0 Å². The van der Waals surface area contributed by atoms with Gasteiger partial charge in [-0.2, -0.15) is 0 Å². The van der Waals surface area contributed by atoms with E-state index in [1.165, 1.54) is 0 Å². The van der Waals surface area contributed by atoms with Gasteiger partial charge in [-0.15, -0.1) is 0 Å². The van der Waals surface area contributed by atoms with Crippen LogP contribution >= 0.6 is 0 Å². The molecule has 76 valence electrons. The van der Waals surface area contributed by atoms with Crippen LogP contribution in [-0.2, 0) is 4.74 Å². The summed E-state index contributed by atoms with van der Waals surface area (Å²) in [4.78, 5) is 0. The average molecular weight is 183 g/mol. The molecule has 2 N–H and O–H groups in total. The molecular weight excluding hydrogens is 162 g/mol. The van der Waals surface area contributed by atoms with E-state index in [0.29, 0.717) is 17.9 Å². The molecule has 1 saturated heterocycles. The lowest BCUT2D eigenvalue weighted by molar-refractivity contribution is 0.138. The van der Waals surface area contributed by atoms with Crippen molar-refractivity contribution in [3.8, 4) is 0 Å². The molecule has 1 saturated carbocycles. The van der Waals surface area contributed by atoms with Gasteiger partial charge in [0.05, 0.1) is 13.2 Å². The molecule has 0 aromatic heterocycles. The molecule has 0 bridgehead atoms. The van der Waals surface area contributed by atoms with E-state index in [0.717, 1.165) is 31.0 Å². The van der Waals surface area contributed by atoms with Crippen molar-refractivity contribution in [3.63, 3.8) is 0 Å². The first-order valence-electron chi connectivity index (χ1n) is 5.46. The molecule has 0 aromatic rings. The minimum Gasteiger partial charge on any atom is -0.381 e. The third kappa shape index (κ3) is 1.50. The second-order valence-electron chi connectivity index (χ2n) is 5.12. The maximum absolute atomic E-state index is 6.26. The molecule has 0 radical (unpaired) electrons. The van der Waals surface area contributed by atoms with E-state index in [9.17, 15) is 0 Å². The molecule has 2 nitrogen and oxygen atoms in total. The van der Waals surface area contributed by atoms with Crippen LogP contribution in [0.1, 0.15) is 20.8 Å². The molecule has 2 fully saturated rings. The van der Waals surface area contributed by atoms with E-state index in [1.807, 2.05) is 0 Å². The molecule has 1 aliphatic heterocycles. The van der Waals surface area contributed by atoms with Crippen LogP contribution in [0, 0.1) is 29.6 Å². The van der Waals surface area contributed by atoms with E-state index in [1.54, 1.807) is 0 Å². The number of fused-ring (bicyclic) bond motifs is 1. The summed E-state index contributed by atoms with van der Waals surface area (Å²) in [5.74, 6) is 3.73.